The third-order valence-electron chi connectivity index (χ3n) is 4.43. The van der Waals surface area contributed by atoms with E-state index in [0.717, 1.165) is 19.7 Å². The van der Waals surface area contributed by atoms with E-state index in [0.29, 0.717) is 10.7 Å². The van der Waals surface area contributed by atoms with Gasteiger partial charge in [0.1, 0.15) is 0 Å². The average molecular weight is 608 g/mol. The first-order valence-electron chi connectivity index (χ1n) is 10.2. The van der Waals surface area contributed by atoms with Crippen molar-refractivity contribution in [3.05, 3.63) is 88.4 Å². The van der Waals surface area contributed by atoms with Gasteiger partial charge in [-0.05, 0) is 81.2 Å². The fourth-order valence-electron chi connectivity index (χ4n) is 2.91. The second kappa shape index (κ2) is 11.9. The molecule has 0 saturated heterocycles. The smallest absolute Gasteiger partial charge is 0.232 e. The van der Waals surface area contributed by atoms with Gasteiger partial charge in [0.2, 0.25) is 16.5 Å². The molecule has 0 unspecified atom stereocenters. The first kappa shape index (κ1) is 25.5. The van der Waals surface area contributed by atoms with Crippen molar-refractivity contribution >= 4 is 111 Å². The van der Waals surface area contributed by atoms with Gasteiger partial charge in [-0.25, -0.2) is 9.97 Å². The van der Waals surface area contributed by atoms with E-state index >= 15 is 0 Å². The maximum atomic E-state index is 5.95. The maximum absolute atomic E-state index is 5.95. The van der Waals surface area contributed by atoms with Crippen LogP contribution in [0.25, 0.3) is 20.4 Å². The van der Waals surface area contributed by atoms with Crippen molar-refractivity contribution in [2.75, 3.05) is 5.32 Å². The summed E-state index contributed by atoms with van der Waals surface area (Å²) in [6, 6.07) is 23.7. The Balaban J connectivity index is 0.000000152. The molecule has 0 atom stereocenters. The van der Waals surface area contributed by atoms with Gasteiger partial charge >= 0.3 is 0 Å². The Bertz CT molecular complexity index is 1480. The van der Waals surface area contributed by atoms with Crippen LogP contribution in [0, 0.1) is 0 Å². The lowest BCUT2D eigenvalue weighted by atomic mass is 10.3. The van der Waals surface area contributed by atoms with E-state index in [2.05, 4.69) is 66.6 Å². The summed E-state index contributed by atoms with van der Waals surface area (Å²) in [6.07, 6.45) is 0. The van der Waals surface area contributed by atoms with Crippen LogP contribution in [0.3, 0.4) is 0 Å². The van der Waals surface area contributed by atoms with Crippen LogP contribution < -0.4 is 5.32 Å². The van der Waals surface area contributed by atoms with E-state index < -0.39 is 0 Å². The lowest BCUT2D eigenvalue weighted by molar-refractivity contribution is 1.05. The van der Waals surface area contributed by atoms with Crippen molar-refractivity contribution in [2.45, 2.75) is 8.68 Å². The molecule has 0 saturated carbocycles. The van der Waals surface area contributed by atoms with E-state index in [1.807, 2.05) is 24.3 Å². The molecule has 13 heteroatoms. The quantitative estimate of drug-likeness (QED) is 0.194. The molecule has 180 valence electrons. The topological polar surface area (TPSA) is 76.5 Å². The zero-order valence-electron chi connectivity index (χ0n) is 17.9. The lowest BCUT2D eigenvalue weighted by Gasteiger charge is -2.06. The predicted octanol–water partition coefficient (Wildman–Crippen LogP) is 9.28. The van der Waals surface area contributed by atoms with Gasteiger partial charge in [0.05, 0.1) is 31.1 Å². The number of hydrogen-bond donors (Lipinski definition) is 1. The summed E-state index contributed by atoms with van der Waals surface area (Å²) in [5.74, 6) is 0.248. The minimum atomic E-state index is 0.0227. The van der Waals surface area contributed by atoms with Crippen molar-refractivity contribution < 1.29 is 0 Å². The normalized spacial score (nSPS) is 10.9. The molecule has 6 aromatic rings. The maximum Gasteiger partial charge on any atom is 0.232 e. The largest absolute Gasteiger partial charge is 0.323 e. The van der Waals surface area contributed by atoms with E-state index in [4.69, 9.17) is 34.8 Å². The number of hydrogen-bond acceptors (Lipinski definition) is 10. The molecule has 3 heterocycles. The molecule has 0 radical (unpaired) electrons. The van der Waals surface area contributed by atoms with Crippen molar-refractivity contribution in [1.82, 2.24) is 24.9 Å². The van der Waals surface area contributed by atoms with Crippen LogP contribution in [0.2, 0.25) is 15.6 Å². The van der Waals surface area contributed by atoms with Gasteiger partial charge in [-0.15, -0.1) is 22.7 Å². The van der Waals surface area contributed by atoms with Gasteiger partial charge in [-0.1, -0.05) is 48.0 Å². The molecular formula is C23H13Cl3N6S4. The molecule has 6 rings (SSSR count). The molecule has 3 aromatic heterocycles. The molecule has 36 heavy (non-hydrogen) atoms. The van der Waals surface area contributed by atoms with Crippen molar-refractivity contribution in [2.24, 2.45) is 0 Å². The fourth-order valence-corrected chi connectivity index (χ4v) is 7.95. The van der Waals surface area contributed by atoms with E-state index in [1.165, 1.54) is 9.40 Å². The minimum absolute atomic E-state index is 0.0227. The highest BCUT2D eigenvalue weighted by atomic mass is 35.5. The Morgan fingerprint density at radius 3 is 1.61 bits per heavy atom. The van der Waals surface area contributed by atoms with Crippen LogP contribution in [0.5, 0.6) is 0 Å². The molecule has 1 N–H and O–H groups in total. The third-order valence-corrected chi connectivity index (χ3v) is 10.1. The molecule has 0 spiro atoms. The van der Waals surface area contributed by atoms with Crippen molar-refractivity contribution in [1.29, 1.82) is 0 Å². The molecule has 0 bridgehead atoms. The molecule has 0 fully saturated rings. The van der Waals surface area contributed by atoms with Gasteiger partial charge < -0.3 is 5.32 Å². The zero-order valence-corrected chi connectivity index (χ0v) is 23.5. The Labute approximate surface area is 236 Å². The monoisotopic (exact) mass is 606 g/mol. The Morgan fingerprint density at radius 1 is 0.583 bits per heavy atom. The van der Waals surface area contributed by atoms with Crippen LogP contribution in [0.4, 0.5) is 11.6 Å². The molecule has 0 aliphatic heterocycles. The first-order valence-corrected chi connectivity index (χ1v) is 15.1. The number of fused-ring (bicyclic) bond motifs is 2. The summed E-state index contributed by atoms with van der Waals surface area (Å²) < 4.78 is 4.63. The van der Waals surface area contributed by atoms with Crippen LogP contribution in [-0.4, -0.2) is 24.9 Å². The van der Waals surface area contributed by atoms with Crippen molar-refractivity contribution in [3.8, 4) is 0 Å². The van der Waals surface area contributed by atoms with Crippen LogP contribution >= 0.6 is 79.1 Å². The second-order valence-electron chi connectivity index (χ2n) is 6.86. The first-order chi connectivity index (χ1) is 17.5. The summed E-state index contributed by atoms with van der Waals surface area (Å²) >= 11 is 20.7. The number of aromatic nitrogens is 5. The molecule has 0 amide bonds. The standard InChI is InChI=1S/C14H8N2S4.C9H5Cl3N4/c1-3-7-11-9(5-1)15-13(17-11)19-20-14-16-10-6-2-4-8-12(10)18-14;10-5-3-1-2-4-6(5)13-9-15-7(11)14-8(12)16-9/h1-8H;1-4H,(H,13,14,15,16). The highest BCUT2D eigenvalue weighted by Crippen LogP contribution is 2.43. The van der Waals surface area contributed by atoms with Crippen molar-refractivity contribution in [3.63, 3.8) is 0 Å². The highest BCUT2D eigenvalue weighted by molar-refractivity contribution is 8.77. The number of thiazole rings is 2. The predicted molar refractivity (Wildman–Crippen MR) is 156 cm³/mol. The van der Waals surface area contributed by atoms with Gasteiger partial charge in [0, 0.05) is 0 Å². The number of anilines is 2. The molecule has 3 aromatic carbocycles. The Hall–Kier alpha value is -2.18. The van der Waals surface area contributed by atoms with E-state index in [9.17, 15) is 0 Å². The molecule has 0 aliphatic rings. The van der Waals surface area contributed by atoms with Crippen LogP contribution in [0.15, 0.2) is 81.5 Å². The SMILES string of the molecule is Clc1nc(Cl)nc(Nc2ccccc2Cl)n1.c1ccc2sc(SSc3nc4ccccc4s3)nc2c1. The number of benzene rings is 3. The number of nitrogens with zero attached hydrogens (tertiary/aromatic N) is 5. The van der Waals surface area contributed by atoms with Gasteiger partial charge in [0.25, 0.3) is 0 Å². The molecule has 6 nitrogen and oxygen atoms in total. The molecular weight excluding hydrogens is 595 g/mol. The average Bonchev–Trinajstić information content (AvgIpc) is 3.47. The summed E-state index contributed by atoms with van der Waals surface area (Å²) in [4.78, 5) is 20.6. The summed E-state index contributed by atoms with van der Waals surface area (Å²) in [5.41, 5.74) is 2.82. The van der Waals surface area contributed by atoms with E-state index in [-0.39, 0.29) is 16.5 Å². The summed E-state index contributed by atoms with van der Waals surface area (Å²) in [5, 5.41) is 3.49. The second-order valence-corrected chi connectivity index (χ2v) is 12.6. The van der Waals surface area contributed by atoms with Gasteiger partial charge in [-0.3, -0.25) is 0 Å². The molecule has 0 aliphatic carbocycles. The highest BCUT2D eigenvalue weighted by Gasteiger charge is 2.08. The van der Waals surface area contributed by atoms with E-state index in [1.54, 1.807) is 56.4 Å². The Morgan fingerprint density at radius 2 is 1.08 bits per heavy atom. The number of para-hydroxylation sites is 3. The van der Waals surface area contributed by atoms with Crippen LogP contribution in [-0.2, 0) is 0 Å². The number of nitrogens with one attached hydrogen (secondary N) is 1. The Kier molecular flexibility index (Phi) is 8.43. The van der Waals surface area contributed by atoms with Crippen LogP contribution in [0.1, 0.15) is 0 Å². The number of halogens is 3. The summed E-state index contributed by atoms with van der Waals surface area (Å²) in [6.45, 7) is 0. The minimum Gasteiger partial charge on any atom is -0.323 e. The number of rotatable bonds is 5. The fraction of sp³-hybridized carbons (Fsp3) is 0. The van der Waals surface area contributed by atoms with Gasteiger partial charge in [0.15, 0.2) is 8.68 Å². The summed E-state index contributed by atoms with van der Waals surface area (Å²) in [7, 11) is 3.37. The zero-order chi connectivity index (χ0) is 24.9. The third kappa shape index (κ3) is 6.57. The van der Waals surface area contributed by atoms with Gasteiger partial charge in [-0.2, -0.15) is 15.0 Å². The lowest BCUT2D eigenvalue weighted by Crippen LogP contribution is -1.99.